The molecule has 0 amide bonds. The molecule has 0 spiro atoms. The summed E-state index contributed by atoms with van der Waals surface area (Å²) in [7, 11) is 0. The summed E-state index contributed by atoms with van der Waals surface area (Å²) < 4.78 is 14.5. The van der Waals surface area contributed by atoms with Crippen LogP contribution in [0.15, 0.2) is 41.6 Å². The Balaban J connectivity index is 2.38. The summed E-state index contributed by atoms with van der Waals surface area (Å²) in [5.74, 6) is -1.86. The van der Waals surface area contributed by atoms with Gasteiger partial charge in [0.2, 0.25) is 0 Å². The summed E-state index contributed by atoms with van der Waals surface area (Å²) in [5, 5.41) is 8.81. The van der Waals surface area contributed by atoms with Crippen LogP contribution in [0.1, 0.15) is 15.9 Å². The molecule has 2 rings (SSSR count). The normalized spacial score (nSPS) is 10.3. The fourth-order valence-corrected chi connectivity index (χ4v) is 1.56. The van der Waals surface area contributed by atoms with E-state index in [0.29, 0.717) is 5.56 Å². The van der Waals surface area contributed by atoms with Crippen LogP contribution in [0.25, 0.3) is 0 Å². The molecule has 2 aromatic rings. The molecule has 0 saturated heterocycles. The van der Waals surface area contributed by atoms with Crippen molar-refractivity contribution in [3.8, 4) is 0 Å². The third-order valence-corrected chi connectivity index (χ3v) is 2.35. The average Bonchev–Trinajstić information content (AvgIpc) is 2.31. The van der Waals surface area contributed by atoms with Crippen molar-refractivity contribution in [3.05, 3.63) is 64.1 Å². The standard InChI is InChI=1S/C12H9FN2O3/c13-10-4-8(3-9(5-10)12(17)18)6-15-7-14-2-1-11(15)16/h1-5,7H,6H2,(H,17,18). The second kappa shape index (κ2) is 4.79. The van der Waals surface area contributed by atoms with Gasteiger partial charge in [0.25, 0.3) is 5.56 Å². The van der Waals surface area contributed by atoms with Crippen LogP contribution in [0.5, 0.6) is 0 Å². The van der Waals surface area contributed by atoms with E-state index in [-0.39, 0.29) is 17.7 Å². The lowest BCUT2D eigenvalue weighted by atomic mass is 10.1. The van der Waals surface area contributed by atoms with E-state index in [9.17, 15) is 14.0 Å². The number of nitrogens with zero attached hydrogens (tertiary/aromatic N) is 2. The summed E-state index contributed by atoms with van der Waals surface area (Å²) in [6.45, 7) is 0.0741. The second-order valence-electron chi connectivity index (χ2n) is 3.70. The van der Waals surface area contributed by atoms with Gasteiger partial charge in [-0.25, -0.2) is 14.2 Å². The predicted octanol–water partition coefficient (Wildman–Crippen LogP) is 1.13. The zero-order chi connectivity index (χ0) is 13.1. The van der Waals surface area contributed by atoms with Gasteiger partial charge in [0.15, 0.2) is 0 Å². The lowest BCUT2D eigenvalue weighted by molar-refractivity contribution is 0.0696. The third kappa shape index (κ3) is 2.60. The van der Waals surface area contributed by atoms with E-state index < -0.39 is 11.8 Å². The molecule has 0 aliphatic heterocycles. The smallest absolute Gasteiger partial charge is 0.335 e. The van der Waals surface area contributed by atoms with Gasteiger partial charge in [-0.1, -0.05) is 0 Å². The molecule has 1 aromatic carbocycles. The number of benzene rings is 1. The van der Waals surface area contributed by atoms with Gasteiger partial charge in [-0.05, 0) is 23.8 Å². The molecular formula is C12H9FN2O3. The summed E-state index contributed by atoms with van der Waals surface area (Å²) in [6.07, 6.45) is 2.67. The highest BCUT2D eigenvalue weighted by atomic mass is 19.1. The van der Waals surface area contributed by atoms with Crippen molar-refractivity contribution < 1.29 is 14.3 Å². The highest BCUT2D eigenvalue weighted by Gasteiger charge is 2.07. The zero-order valence-electron chi connectivity index (χ0n) is 9.21. The van der Waals surface area contributed by atoms with Gasteiger partial charge in [-0.15, -0.1) is 0 Å². The molecule has 0 atom stereocenters. The van der Waals surface area contributed by atoms with E-state index in [4.69, 9.17) is 5.11 Å². The molecule has 0 aliphatic carbocycles. The van der Waals surface area contributed by atoms with Crippen molar-refractivity contribution in [2.24, 2.45) is 0 Å². The van der Waals surface area contributed by atoms with Crippen LogP contribution >= 0.6 is 0 Å². The second-order valence-corrected chi connectivity index (χ2v) is 3.70. The average molecular weight is 248 g/mol. The largest absolute Gasteiger partial charge is 0.478 e. The fourth-order valence-electron chi connectivity index (χ4n) is 1.56. The van der Waals surface area contributed by atoms with Crippen LogP contribution in [0, 0.1) is 5.82 Å². The van der Waals surface area contributed by atoms with Crippen molar-refractivity contribution >= 4 is 5.97 Å². The topological polar surface area (TPSA) is 72.2 Å². The monoisotopic (exact) mass is 248 g/mol. The lowest BCUT2D eigenvalue weighted by Gasteiger charge is -2.06. The summed E-state index contributed by atoms with van der Waals surface area (Å²) in [5.41, 5.74) is -0.0458. The Kier molecular flexibility index (Phi) is 3.18. The SMILES string of the molecule is O=C(O)c1cc(F)cc(Cn2cnccc2=O)c1. The molecule has 18 heavy (non-hydrogen) atoms. The first-order valence-corrected chi connectivity index (χ1v) is 5.09. The van der Waals surface area contributed by atoms with Crippen molar-refractivity contribution in [2.75, 3.05) is 0 Å². The first-order chi connectivity index (χ1) is 8.56. The minimum absolute atomic E-state index is 0.0741. The van der Waals surface area contributed by atoms with Gasteiger partial charge >= 0.3 is 5.97 Å². The molecule has 0 aliphatic rings. The van der Waals surface area contributed by atoms with Crippen LogP contribution in [-0.4, -0.2) is 20.6 Å². The fraction of sp³-hybridized carbons (Fsp3) is 0.0833. The lowest BCUT2D eigenvalue weighted by Crippen LogP contribution is -2.19. The molecular weight excluding hydrogens is 239 g/mol. The molecule has 5 nitrogen and oxygen atoms in total. The van der Waals surface area contributed by atoms with Crippen LogP contribution in [-0.2, 0) is 6.54 Å². The number of rotatable bonds is 3. The number of carboxylic acid groups (broad SMARTS) is 1. The minimum atomic E-state index is -1.21. The number of carboxylic acids is 1. The van der Waals surface area contributed by atoms with Gasteiger partial charge in [0, 0.05) is 12.3 Å². The van der Waals surface area contributed by atoms with E-state index in [1.807, 2.05) is 0 Å². The van der Waals surface area contributed by atoms with Gasteiger partial charge in [-0.3, -0.25) is 9.36 Å². The Morgan fingerprint density at radius 2 is 2.17 bits per heavy atom. The maximum absolute atomic E-state index is 13.2. The minimum Gasteiger partial charge on any atom is -0.478 e. The van der Waals surface area contributed by atoms with Crippen LogP contribution < -0.4 is 5.56 Å². The molecule has 1 N–H and O–H groups in total. The Labute approximate surface area is 101 Å². The number of halogens is 1. The Morgan fingerprint density at radius 1 is 1.39 bits per heavy atom. The molecule has 0 fully saturated rings. The van der Waals surface area contributed by atoms with Crippen molar-refractivity contribution in [2.45, 2.75) is 6.54 Å². The molecule has 1 aromatic heterocycles. The third-order valence-electron chi connectivity index (χ3n) is 2.35. The van der Waals surface area contributed by atoms with Crippen LogP contribution in [0.2, 0.25) is 0 Å². The molecule has 0 saturated carbocycles. The number of aromatic nitrogens is 2. The molecule has 92 valence electrons. The van der Waals surface area contributed by atoms with Crippen LogP contribution in [0.3, 0.4) is 0 Å². The maximum Gasteiger partial charge on any atom is 0.335 e. The molecule has 1 heterocycles. The Morgan fingerprint density at radius 3 is 2.83 bits per heavy atom. The van der Waals surface area contributed by atoms with Crippen molar-refractivity contribution in [1.29, 1.82) is 0 Å². The van der Waals surface area contributed by atoms with Crippen molar-refractivity contribution in [3.63, 3.8) is 0 Å². The number of hydrogen-bond acceptors (Lipinski definition) is 3. The van der Waals surface area contributed by atoms with Gasteiger partial charge in [0.1, 0.15) is 5.82 Å². The summed E-state index contributed by atoms with van der Waals surface area (Å²) in [6, 6.07) is 4.71. The van der Waals surface area contributed by atoms with Crippen LogP contribution in [0.4, 0.5) is 4.39 Å². The Hall–Kier alpha value is -2.50. The van der Waals surface area contributed by atoms with E-state index >= 15 is 0 Å². The van der Waals surface area contributed by atoms with E-state index in [1.165, 1.54) is 35.3 Å². The summed E-state index contributed by atoms with van der Waals surface area (Å²) >= 11 is 0. The number of hydrogen-bond donors (Lipinski definition) is 1. The molecule has 0 bridgehead atoms. The first-order valence-electron chi connectivity index (χ1n) is 5.09. The quantitative estimate of drug-likeness (QED) is 0.883. The highest BCUT2D eigenvalue weighted by molar-refractivity contribution is 5.87. The van der Waals surface area contributed by atoms with E-state index in [1.54, 1.807) is 0 Å². The molecule has 6 heteroatoms. The molecule has 0 unspecified atom stereocenters. The first kappa shape index (κ1) is 12.0. The number of carbonyl (C=O) groups is 1. The van der Waals surface area contributed by atoms with Gasteiger partial charge in [0.05, 0.1) is 18.4 Å². The maximum atomic E-state index is 13.2. The number of aromatic carboxylic acids is 1. The Bertz CT molecular complexity index is 652. The van der Waals surface area contributed by atoms with Crippen molar-refractivity contribution in [1.82, 2.24) is 9.55 Å². The van der Waals surface area contributed by atoms with Gasteiger partial charge in [-0.2, -0.15) is 0 Å². The zero-order valence-corrected chi connectivity index (χ0v) is 9.21. The van der Waals surface area contributed by atoms with E-state index in [2.05, 4.69) is 4.98 Å². The molecule has 0 radical (unpaired) electrons. The predicted molar refractivity (Wildman–Crippen MR) is 61.0 cm³/mol. The van der Waals surface area contributed by atoms with Gasteiger partial charge < -0.3 is 5.11 Å². The van der Waals surface area contributed by atoms with E-state index in [0.717, 1.165) is 6.07 Å². The summed E-state index contributed by atoms with van der Waals surface area (Å²) in [4.78, 5) is 26.0. The highest BCUT2D eigenvalue weighted by Crippen LogP contribution is 2.10.